The minimum absolute atomic E-state index is 0.305. The third-order valence-corrected chi connectivity index (χ3v) is 3.90. The average molecular weight is 270 g/mol. The van der Waals surface area contributed by atoms with Crippen molar-refractivity contribution in [3.05, 3.63) is 65.0 Å². The lowest BCUT2D eigenvalue weighted by molar-refractivity contribution is 0.428. The van der Waals surface area contributed by atoms with Crippen molar-refractivity contribution in [2.75, 3.05) is 0 Å². The number of hydrogen-bond donors (Lipinski definition) is 2. The van der Waals surface area contributed by atoms with E-state index in [-0.39, 0.29) is 0 Å². The molecule has 1 aromatic rings. The normalized spacial score (nSPS) is 18.6. The van der Waals surface area contributed by atoms with Crippen LogP contribution in [-0.4, -0.2) is 10.2 Å². The largest absolute Gasteiger partial charge is 0.508 e. The van der Waals surface area contributed by atoms with Gasteiger partial charge < -0.3 is 10.2 Å². The molecule has 0 bridgehead atoms. The first kappa shape index (κ1) is 14.4. The molecule has 0 radical (unpaired) electrons. The highest BCUT2D eigenvalue weighted by molar-refractivity contribution is 5.41. The predicted octanol–water partition coefficient (Wildman–Crippen LogP) is 4.99. The molecule has 1 aliphatic rings. The molecule has 0 saturated carbocycles. The van der Waals surface area contributed by atoms with Gasteiger partial charge in [0, 0.05) is 5.92 Å². The van der Waals surface area contributed by atoms with Gasteiger partial charge in [0.2, 0.25) is 0 Å². The fourth-order valence-electron chi connectivity index (χ4n) is 2.86. The molecule has 2 rings (SSSR count). The second kappa shape index (κ2) is 6.47. The van der Waals surface area contributed by atoms with E-state index in [0.29, 0.717) is 17.4 Å². The van der Waals surface area contributed by atoms with E-state index < -0.39 is 0 Å². The number of aliphatic hydroxyl groups is 1. The smallest absolute Gasteiger partial charge is 0.115 e. The zero-order valence-corrected chi connectivity index (χ0v) is 12.1. The zero-order chi connectivity index (χ0) is 14.5. The predicted molar refractivity (Wildman–Crippen MR) is 82.9 cm³/mol. The molecule has 0 aromatic heterocycles. The van der Waals surface area contributed by atoms with Crippen LogP contribution in [0.25, 0.3) is 0 Å². The fourth-order valence-corrected chi connectivity index (χ4v) is 2.86. The van der Waals surface area contributed by atoms with E-state index in [1.54, 1.807) is 18.2 Å². The highest BCUT2D eigenvalue weighted by atomic mass is 16.3. The van der Waals surface area contributed by atoms with Gasteiger partial charge in [-0.25, -0.2) is 0 Å². The Morgan fingerprint density at radius 1 is 1.10 bits per heavy atom. The SMILES string of the molecule is CCC(=C1C=CC(O)=CC1)C(CC)c1ccc(O)cc1. The van der Waals surface area contributed by atoms with Crippen LogP contribution < -0.4 is 0 Å². The molecule has 0 spiro atoms. The van der Waals surface area contributed by atoms with Gasteiger partial charge in [-0.2, -0.15) is 0 Å². The minimum atomic E-state index is 0.305. The molecule has 0 fully saturated rings. The molecule has 0 heterocycles. The zero-order valence-electron chi connectivity index (χ0n) is 12.1. The monoisotopic (exact) mass is 270 g/mol. The van der Waals surface area contributed by atoms with E-state index in [9.17, 15) is 10.2 Å². The van der Waals surface area contributed by atoms with Gasteiger partial charge in [-0.1, -0.05) is 37.6 Å². The first-order valence-electron chi connectivity index (χ1n) is 7.23. The molecule has 2 heteroatoms. The lowest BCUT2D eigenvalue weighted by Gasteiger charge is -2.22. The second-order valence-corrected chi connectivity index (χ2v) is 5.12. The van der Waals surface area contributed by atoms with Crippen molar-refractivity contribution in [1.29, 1.82) is 0 Å². The summed E-state index contributed by atoms with van der Waals surface area (Å²) in [5, 5.41) is 18.9. The number of phenols is 1. The van der Waals surface area contributed by atoms with E-state index >= 15 is 0 Å². The maximum atomic E-state index is 9.45. The van der Waals surface area contributed by atoms with Crippen molar-refractivity contribution >= 4 is 0 Å². The maximum absolute atomic E-state index is 9.45. The maximum Gasteiger partial charge on any atom is 0.115 e. The van der Waals surface area contributed by atoms with Gasteiger partial charge in [0.1, 0.15) is 11.5 Å². The third-order valence-electron chi connectivity index (χ3n) is 3.90. The van der Waals surface area contributed by atoms with E-state index in [4.69, 9.17) is 0 Å². The van der Waals surface area contributed by atoms with Crippen molar-refractivity contribution in [3.8, 4) is 5.75 Å². The Bertz CT molecular complexity index is 547. The van der Waals surface area contributed by atoms with Crippen LogP contribution >= 0.6 is 0 Å². The third kappa shape index (κ3) is 3.13. The van der Waals surface area contributed by atoms with Crippen LogP contribution in [0.1, 0.15) is 44.6 Å². The Balaban J connectivity index is 2.36. The van der Waals surface area contributed by atoms with E-state index in [1.807, 2.05) is 24.3 Å². The number of aromatic hydroxyl groups is 1. The molecular weight excluding hydrogens is 248 g/mol. The molecule has 106 valence electrons. The Morgan fingerprint density at radius 3 is 2.30 bits per heavy atom. The van der Waals surface area contributed by atoms with Crippen LogP contribution in [-0.2, 0) is 0 Å². The van der Waals surface area contributed by atoms with Crippen molar-refractivity contribution in [2.45, 2.75) is 39.0 Å². The van der Waals surface area contributed by atoms with Gasteiger partial charge in [-0.15, -0.1) is 0 Å². The minimum Gasteiger partial charge on any atom is -0.508 e. The summed E-state index contributed by atoms with van der Waals surface area (Å²) in [5.41, 5.74) is 3.95. The van der Waals surface area contributed by atoms with Gasteiger partial charge in [0.05, 0.1) is 0 Å². The molecular formula is C18H22O2. The van der Waals surface area contributed by atoms with E-state index in [2.05, 4.69) is 13.8 Å². The average Bonchev–Trinajstić information content (AvgIpc) is 2.47. The molecule has 1 unspecified atom stereocenters. The first-order chi connectivity index (χ1) is 9.65. The summed E-state index contributed by atoms with van der Waals surface area (Å²) in [5.74, 6) is 1.02. The Morgan fingerprint density at radius 2 is 1.80 bits per heavy atom. The number of hydrogen-bond acceptors (Lipinski definition) is 2. The summed E-state index contributed by atoms with van der Waals surface area (Å²) in [7, 11) is 0. The van der Waals surface area contributed by atoms with Gasteiger partial charge >= 0.3 is 0 Å². The Labute approximate surface area is 120 Å². The van der Waals surface area contributed by atoms with Crippen LogP contribution in [0.4, 0.5) is 0 Å². The highest BCUT2D eigenvalue weighted by Crippen LogP contribution is 2.35. The number of rotatable bonds is 4. The van der Waals surface area contributed by atoms with Crippen molar-refractivity contribution < 1.29 is 10.2 Å². The quantitative estimate of drug-likeness (QED) is 0.808. The molecule has 0 saturated heterocycles. The Kier molecular flexibility index (Phi) is 4.67. The van der Waals surface area contributed by atoms with E-state index in [1.165, 1.54) is 16.7 Å². The lowest BCUT2D eigenvalue weighted by atomic mass is 9.83. The molecule has 1 atom stereocenters. The first-order valence-corrected chi connectivity index (χ1v) is 7.23. The molecule has 0 aliphatic heterocycles. The van der Waals surface area contributed by atoms with Gasteiger partial charge in [-0.05, 0) is 54.7 Å². The van der Waals surface area contributed by atoms with Crippen LogP contribution in [0.15, 0.2) is 59.4 Å². The van der Waals surface area contributed by atoms with Crippen LogP contribution in [0, 0.1) is 0 Å². The summed E-state index contributed by atoms with van der Waals surface area (Å²) in [4.78, 5) is 0. The number of benzene rings is 1. The van der Waals surface area contributed by atoms with Gasteiger partial charge in [0.25, 0.3) is 0 Å². The molecule has 2 nitrogen and oxygen atoms in total. The van der Waals surface area contributed by atoms with Gasteiger partial charge in [-0.3, -0.25) is 0 Å². The standard InChI is InChI=1S/C18H22O2/c1-3-17(13-5-9-15(19)10-6-13)18(4-2)14-7-11-16(20)12-8-14/h5-7,9-12,17,19-20H,3-4,8H2,1-2H3. The van der Waals surface area contributed by atoms with Crippen LogP contribution in [0.3, 0.4) is 0 Å². The van der Waals surface area contributed by atoms with Crippen LogP contribution in [0.2, 0.25) is 0 Å². The van der Waals surface area contributed by atoms with Crippen molar-refractivity contribution in [1.82, 2.24) is 0 Å². The second-order valence-electron chi connectivity index (χ2n) is 5.12. The number of aliphatic hydroxyl groups excluding tert-OH is 1. The summed E-state index contributed by atoms with van der Waals surface area (Å²) >= 11 is 0. The summed E-state index contributed by atoms with van der Waals surface area (Å²) in [6, 6.07) is 7.50. The highest BCUT2D eigenvalue weighted by Gasteiger charge is 2.17. The number of allylic oxidation sites excluding steroid dienone is 5. The summed E-state index contributed by atoms with van der Waals surface area (Å²) in [6.07, 6.45) is 8.46. The topological polar surface area (TPSA) is 40.5 Å². The Hall–Kier alpha value is -1.96. The van der Waals surface area contributed by atoms with Crippen LogP contribution in [0.5, 0.6) is 5.75 Å². The molecule has 1 aliphatic carbocycles. The van der Waals surface area contributed by atoms with E-state index in [0.717, 1.165) is 19.3 Å². The molecule has 2 N–H and O–H groups in total. The lowest BCUT2D eigenvalue weighted by Crippen LogP contribution is -2.05. The molecule has 20 heavy (non-hydrogen) atoms. The number of phenolic OH excluding ortho intramolecular Hbond substituents is 1. The summed E-state index contributed by atoms with van der Waals surface area (Å²) < 4.78 is 0. The van der Waals surface area contributed by atoms with Crippen molar-refractivity contribution in [3.63, 3.8) is 0 Å². The molecule has 1 aromatic carbocycles. The molecule has 0 amide bonds. The summed E-state index contributed by atoms with van der Waals surface area (Å²) in [6.45, 7) is 4.37. The fraction of sp³-hybridized carbons (Fsp3) is 0.333. The van der Waals surface area contributed by atoms with Gasteiger partial charge in [0.15, 0.2) is 0 Å². The van der Waals surface area contributed by atoms with Crippen molar-refractivity contribution in [2.24, 2.45) is 0 Å².